The van der Waals surface area contributed by atoms with Gasteiger partial charge in [-0.15, -0.1) is 0 Å². The molecule has 0 spiro atoms. The summed E-state index contributed by atoms with van der Waals surface area (Å²) in [4.78, 5) is 23.1. The van der Waals surface area contributed by atoms with E-state index in [-0.39, 0.29) is 17.0 Å². The molecule has 2 aromatic heterocycles. The number of hydrogen-bond acceptors (Lipinski definition) is 5. The fourth-order valence-electron chi connectivity index (χ4n) is 3.02. The van der Waals surface area contributed by atoms with E-state index < -0.39 is 0 Å². The van der Waals surface area contributed by atoms with Crippen molar-refractivity contribution in [3.63, 3.8) is 0 Å². The minimum Gasteiger partial charge on any atom is -0.493 e. The summed E-state index contributed by atoms with van der Waals surface area (Å²) in [5.74, 6) is 0.223. The smallest absolute Gasteiger partial charge is 0.266 e. The van der Waals surface area contributed by atoms with Gasteiger partial charge in [0.2, 0.25) is 11.8 Å². The highest BCUT2D eigenvalue weighted by Gasteiger charge is 2.26. The summed E-state index contributed by atoms with van der Waals surface area (Å²) in [5, 5.41) is 10.8. The lowest BCUT2D eigenvalue weighted by Crippen LogP contribution is -2.23. The predicted molar refractivity (Wildman–Crippen MR) is 95.9 cm³/mol. The number of hydrogen-bond donors (Lipinski definition) is 1. The summed E-state index contributed by atoms with van der Waals surface area (Å²) in [6, 6.07) is 12.7. The van der Waals surface area contributed by atoms with Gasteiger partial charge in [0.15, 0.2) is 0 Å². The standard InChI is InChI=1S/C18H15ClN4O2/c19-14-7-6-12(10-20-14)11-22-8-9-23-17(25)15(16(24)21-18(22)23)13-4-2-1-3-5-13/h1-7,10,24H,8-9,11H2. The number of anilines is 1. The first-order valence-electron chi connectivity index (χ1n) is 7.88. The maximum absolute atomic E-state index is 12.8. The van der Waals surface area contributed by atoms with Crippen LogP contribution in [0.4, 0.5) is 5.95 Å². The van der Waals surface area contributed by atoms with Crippen molar-refractivity contribution in [2.24, 2.45) is 0 Å². The molecule has 126 valence electrons. The maximum Gasteiger partial charge on any atom is 0.266 e. The van der Waals surface area contributed by atoms with E-state index in [4.69, 9.17) is 11.6 Å². The van der Waals surface area contributed by atoms with Gasteiger partial charge in [-0.2, -0.15) is 4.98 Å². The highest BCUT2D eigenvalue weighted by molar-refractivity contribution is 6.29. The van der Waals surface area contributed by atoms with Crippen LogP contribution in [0, 0.1) is 0 Å². The summed E-state index contributed by atoms with van der Waals surface area (Å²) >= 11 is 5.81. The molecule has 0 fully saturated rings. The van der Waals surface area contributed by atoms with Crippen LogP contribution in [0.2, 0.25) is 5.15 Å². The van der Waals surface area contributed by atoms with Crippen LogP contribution in [0.5, 0.6) is 5.88 Å². The first-order chi connectivity index (χ1) is 12.1. The third-order valence-corrected chi connectivity index (χ3v) is 4.45. The van der Waals surface area contributed by atoms with Crippen LogP contribution in [0.15, 0.2) is 53.5 Å². The monoisotopic (exact) mass is 354 g/mol. The van der Waals surface area contributed by atoms with E-state index in [9.17, 15) is 9.90 Å². The van der Waals surface area contributed by atoms with Crippen molar-refractivity contribution in [1.29, 1.82) is 0 Å². The van der Waals surface area contributed by atoms with Gasteiger partial charge < -0.3 is 10.0 Å². The van der Waals surface area contributed by atoms with Gasteiger partial charge in [-0.05, 0) is 17.2 Å². The average molecular weight is 355 g/mol. The van der Waals surface area contributed by atoms with Gasteiger partial charge in [-0.25, -0.2) is 4.98 Å². The summed E-state index contributed by atoms with van der Waals surface area (Å²) in [6.45, 7) is 1.71. The van der Waals surface area contributed by atoms with E-state index >= 15 is 0 Å². The number of aromatic hydroxyl groups is 1. The van der Waals surface area contributed by atoms with Crippen molar-refractivity contribution < 1.29 is 5.11 Å². The molecule has 3 aromatic rings. The van der Waals surface area contributed by atoms with E-state index in [0.717, 1.165) is 5.56 Å². The Hall–Kier alpha value is -2.86. The number of pyridine rings is 1. The number of benzene rings is 1. The Morgan fingerprint density at radius 3 is 2.64 bits per heavy atom. The van der Waals surface area contributed by atoms with Crippen LogP contribution < -0.4 is 10.5 Å². The zero-order chi connectivity index (χ0) is 17.4. The maximum atomic E-state index is 12.8. The lowest BCUT2D eigenvalue weighted by atomic mass is 10.1. The molecular weight excluding hydrogens is 340 g/mol. The van der Waals surface area contributed by atoms with Crippen LogP contribution in [0.1, 0.15) is 5.56 Å². The van der Waals surface area contributed by atoms with Gasteiger partial charge in [0, 0.05) is 25.8 Å². The fourth-order valence-corrected chi connectivity index (χ4v) is 3.14. The van der Waals surface area contributed by atoms with Gasteiger partial charge in [0.1, 0.15) is 10.7 Å². The number of rotatable bonds is 3. The highest BCUT2D eigenvalue weighted by atomic mass is 35.5. The van der Waals surface area contributed by atoms with Crippen molar-refractivity contribution in [2.75, 3.05) is 11.4 Å². The molecule has 4 rings (SSSR count). The number of fused-ring (bicyclic) bond motifs is 1. The third kappa shape index (κ3) is 2.85. The Bertz CT molecular complexity index is 971. The van der Waals surface area contributed by atoms with Crippen LogP contribution in [-0.4, -0.2) is 26.2 Å². The fraction of sp³-hybridized carbons (Fsp3) is 0.167. The zero-order valence-corrected chi connectivity index (χ0v) is 14.0. The molecule has 3 heterocycles. The second kappa shape index (κ2) is 6.22. The Balaban J connectivity index is 1.72. The molecule has 0 radical (unpaired) electrons. The average Bonchev–Trinajstić information content (AvgIpc) is 3.01. The number of halogens is 1. The van der Waals surface area contributed by atoms with Gasteiger partial charge >= 0.3 is 0 Å². The first-order valence-corrected chi connectivity index (χ1v) is 8.26. The minimum atomic E-state index is -0.247. The molecule has 0 saturated carbocycles. The van der Waals surface area contributed by atoms with Crippen molar-refractivity contribution in [3.05, 3.63) is 69.7 Å². The van der Waals surface area contributed by atoms with Crippen LogP contribution in [0.25, 0.3) is 11.1 Å². The van der Waals surface area contributed by atoms with E-state index in [2.05, 4.69) is 9.97 Å². The van der Waals surface area contributed by atoms with Gasteiger partial charge in [-0.3, -0.25) is 9.36 Å². The van der Waals surface area contributed by atoms with Crippen molar-refractivity contribution >= 4 is 17.5 Å². The molecular formula is C18H15ClN4O2. The molecule has 0 saturated heterocycles. The Morgan fingerprint density at radius 2 is 1.92 bits per heavy atom. The van der Waals surface area contributed by atoms with E-state index in [0.29, 0.717) is 36.3 Å². The van der Waals surface area contributed by atoms with Gasteiger partial charge in [-0.1, -0.05) is 48.0 Å². The van der Waals surface area contributed by atoms with Crippen LogP contribution >= 0.6 is 11.6 Å². The van der Waals surface area contributed by atoms with E-state index in [1.807, 2.05) is 29.2 Å². The van der Waals surface area contributed by atoms with E-state index in [1.165, 1.54) is 0 Å². The first kappa shape index (κ1) is 15.7. The topological polar surface area (TPSA) is 71.2 Å². The molecule has 0 bridgehead atoms. The quantitative estimate of drug-likeness (QED) is 0.732. The number of nitrogens with zero attached hydrogens (tertiary/aromatic N) is 4. The predicted octanol–water partition coefficient (Wildman–Crippen LogP) is 2.68. The summed E-state index contributed by atoms with van der Waals surface area (Å²) in [6.07, 6.45) is 1.70. The van der Waals surface area contributed by atoms with Crippen LogP contribution in [-0.2, 0) is 13.1 Å². The molecule has 25 heavy (non-hydrogen) atoms. The molecule has 0 unspecified atom stereocenters. The molecule has 7 heteroatoms. The Morgan fingerprint density at radius 1 is 1.12 bits per heavy atom. The molecule has 0 atom stereocenters. The SMILES string of the molecule is O=c1c(-c2ccccc2)c(O)nc2n1CCN2Cc1ccc(Cl)nc1. The van der Waals surface area contributed by atoms with Gasteiger partial charge in [0.25, 0.3) is 5.56 Å². The normalized spacial score (nSPS) is 13.1. The lowest BCUT2D eigenvalue weighted by Gasteiger charge is -2.17. The summed E-state index contributed by atoms with van der Waals surface area (Å²) in [7, 11) is 0. The molecule has 0 aliphatic carbocycles. The molecule has 6 nitrogen and oxygen atoms in total. The highest BCUT2D eigenvalue weighted by Crippen LogP contribution is 2.28. The largest absolute Gasteiger partial charge is 0.493 e. The molecule has 1 N–H and O–H groups in total. The molecule has 1 aliphatic rings. The van der Waals surface area contributed by atoms with Gasteiger partial charge in [0.05, 0.1) is 0 Å². The summed E-state index contributed by atoms with van der Waals surface area (Å²) in [5.41, 5.74) is 1.62. The second-order valence-corrected chi connectivity index (χ2v) is 6.23. The van der Waals surface area contributed by atoms with Crippen LogP contribution in [0.3, 0.4) is 0 Å². The lowest BCUT2D eigenvalue weighted by molar-refractivity contribution is 0.451. The molecule has 1 aromatic carbocycles. The second-order valence-electron chi connectivity index (χ2n) is 5.84. The third-order valence-electron chi connectivity index (χ3n) is 4.23. The van der Waals surface area contributed by atoms with Crippen molar-refractivity contribution in [3.8, 4) is 17.0 Å². The number of aromatic nitrogens is 3. The zero-order valence-electron chi connectivity index (χ0n) is 13.3. The molecule has 1 aliphatic heterocycles. The minimum absolute atomic E-state index is 0.231. The molecule has 0 amide bonds. The van der Waals surface area contributed by atoms with Crippen molar-refractivity contribution in [2.45, 2.75) is 13.1 Å². The summed E-state index contributed by atoms with van der Waals surface area (Å²) < 4.78 is 1.60. The Labute approximate surface area is 149 Å². The van der Waals surface area contributed by atoms with E-state index in [1.54, 1.807) is 29.0 Å². The Kier molecular flexibility index (Phi) is 3.89. The van der Waals surface area contributed by atoms with Crippen molar-refractivity contribution in [1.82, 2.24) is 14.5 Å².